The van der Waals surface area contributed by atoms with Crippen LogP contribution in [0.2, 0.25) is 0 Å². The Morgan fingerprint density at radius 3 is 3.13 bits per heavy atom. The fourth-order valence-corrected chi connectivity index (χ4v) is 3.43. The minimum atomic E-state index is -0.261. The first kappa shape index (κ1) is 16.1. The number of aromatic nitrogens is 1. The molecule has 1 aliphatic rings. The zero-order chi connectivity index (χ0) is 16.2. The van der Waals surface area contributed by atoms with Crippen LogP contribution in [0.15, 0.2) is 23.6 Å². The van der Waals surface area contributed by atoms with Gasteiger partial charge in [-0.3, -0.25) is 4.79 Å². The molecule has 122 valence electrons. The Labute approximate surface area is 142 Å². The van der Waals surface area contributed by atoms with Gasteiger partial charge in [-0.05, 0) is 30.6 Å². The number of amides is 1. The van der Waals surface area contributed by atoms with E-state index in [-0.39, 0.29) is 18.7 Å². The third kappa shape index (κ3) is 3.77. The number of thiazole rings is 1. The third-order valence-corrected chi connectivity index (χ3v) is 4.96. The molecule has 0 saturated carbocycles. The first-order valence-electron chi connectivity index (χ1n) is 7.08. The molecular weight excluding hydrogens is 334 g/mol. The number of benzene rings is 1. The second kappa shape index (κ2) is 7.20. The number of fused-ring (bicyclic) bond motifs is 1. The summed E-state index contributed by atoms with van der Waals surface area (Å²) >= 11 is 3.16. The number of ether oxygens (including phenoxy) is 2. The lowest BCUT2D eigenvalue weighted by Crippen LogP contribution is -2.14. The van der Waals surface area contributed by atoms with E-state index < -0.39 is 0 Å². The molecule has 2 aromatic rings. The van der Waals surface area contributed by atoms with Crippen LogP contribution in [0.25, 0.3) is 0 Å². The van der Waals surface area contributed by atoms with E-state index in [2.05, 4.69) is 10.3 Å². The van der Waals surface area contributed by atoms with Crippen molar-refractivity contribution in [2.75, 3.05) is 24.1 Å². The van der Waals surface area contributed by atoms with Crippen molar-refractivity contribution < 1.29 is 14.3 Å². The highest BCUT2D eigenvalue weighted by molar-refractivity contribution is 7.98. The largest absolute Gasteiger partial charge is 0.454 e. The van der Waals surface area contributed by atoms with E-state index in [1.165, 1.54) is 11.3 Å². The predicted molar refractivity (Wildman–Crippen MR) is 92.6 cm³/mol. The van der Waals surface area contributed by atoms with Gasteiger partial charge in [-0.1, -0.05) is 0 Å². The maximum Gasteiger partial charge on any atom is 0.275 e. The lowest BCUT2D eigenvalue weighted by molar-refractivity contribution is 0.102. The zero-order valence-electron chi connectivity index (χ0n) is 12.6. The van der Waals surface area contributed by atoms with Crippen LogP contribution in [0.3, 0.4) is 0 Å². The second-order valence-electron chi connectivity index (χ2n) is 4.98. The van der Waals surface area contributed by atoms with Crippen LogP contribution in [0.1, 0.15) is 28.0 Å². The lowest BCUT2D eigenvalue weighted by atomic mass is 10.2. The Morgan fingerprint density at radius 2 is 2.30 bits per heavy atom. The minimum Gasteiger partial charge on any atom is -0.454 e. The Kier molecular flexibility index (Phi) is 5.04. The summed E-state index contributed by atoms with van der Waals surface area (Å²) < 4.78 is 10.5. The van der Waals surface area contributed by atoms with Gasteiger partial charge in [-0.15, -0.1) is 11.3 Å². The second-order valence-corrected chi connectivity index (χ2v) is 6.86. The van der Waals surface area contributed by atoms with Crippen molar-refractivity contribution in [1.82, 2.24) is 4.98 Å². The van der Waals surface area contributed by atoms with Gasteiger partial charge in [0.25, 0.3) is 5.91 Å². The Morgan fingerprint density at radius 1 is 1.48 bits per heavy atom. The van der Waals surface area contributed by atoms with E-state index in [0.29, 0.717) is 22.9 Å². The number of hydrogen-bond acceptors (Lipinski definition) is 7. The predicted octanol–water partition coefficient (Wildman–Crippen LogP) is 2.88. The maximum absolute atomic E-state index is 12.3. The van der Waals surface area contributed by atoms with Gasteiger partial charge in [0, 0.05) is 17.1 Å². The van der Waals surface area contributed by atoms with E-state index in [0.717, 1.165) is 17.2 Å². The topological polar surface area (TPSA) is 86.5 Å². The SMILES string of the molecule is CSCCC(N)c1nc(C(=O)Nc2ccc3c(c2)OCO3)cs1. The highest BCUT2D eigenvalue weighted by Crippen LogP contribution is 2.34. The zero-order valence-corrected chi connectivity index (χ0v) is 14.2. The molecule has 2 heterocycles. The fourth-order valence-electron chi connectivity index (χ4n) is 2.10. The molecule has 0 fully saturated rings. The van der Waals surface area contributed by atoms with Gasteiger partial charge in [0.1, 0.15) is 10.7 Å². The van der Waals surface area contributed by atoms with Gasteiger partial charge in [0.2, 0.25) is 6.79 Å². The van der Waals surface area contributed by atoms with Crippen molar-refractivity contribution in [3.63, 3.8) is 0 Å². The summed E-state index contributed by atoms with van der Waals surface area (Å²) in [4.78, 5) is 16.6. The van der Waals surface area contributed by atoms with E-state index in [4.69, 9.17) is 15.2 Å². The molecule has 1 atom stereocenters. The molecule has 0 saturated heterocycles. The van der Waals surface area contributed by atoms with Crippen LogP contribution in [0.4, 0.5) is 5.69 Å². The molecule has 0 spiro atoms. The number of thioether (sulfide) groups is 1. The van der Waals surface area contributed by atoms with Crippen molar-refractivity contribution in [2.24, 2.45) is 5.73 Å². The molecule has 1 unspecified atom stereocenters. The number of carbonyl (C=O) groups is 1. The molecule has 3 N–H and O–H groups in total. The van der Waals surface area contributed by atoms with Crippen molar-refractivity contribution in [1.29, 1.82) is 0 Å². The van der Waals surface area contributed by atoms with Gasteiger partial charge in [-0.2, -0.15) is 11.8 Å². The monoisotopic (exact) mass is 351 g/mol. The normalized spacial score (nSPS) is 13.8. The molecule has 1 amide bonds. The van der Waals surface area contributed by atoms with Crippen molar-refractivity contribution in [3.8, 4) is 11.5 Å². The maximum atomic E-state index is 12.3. The summed E-state index contributed by atoms with van der Waals surface area (Å²) in [6.45, 7) is 0.204. The van der Waals surface area contributed by atoms with Gasteiger partial charge < -0.3 is 20.5 Å². The summed E-state index contributed by atoms with van der Waals surface area (Å²) in [5.41, 5.74) is 7.10. The third-order valence-electron chi connectivity index (χ3n) is 3.34. The lowest BCUT2D eigenvalue weighted by Gasteiger charge is -2.06. The summed E-state index contributed by atoms with van der Waals surface area (Å²) in [6, 6.07) is 5.14. The molecule has 0 bridgehead atoms. The van der Waals surface area contributed by atoms with Gasteiger partial charge >= 0.3 is 0 Å². The van der Waals surface area contributed by atoms with E-state index >= 15 is 0 Å². The fraction of sp³-hybridized carbons (Fsp3) is 0.333. The molecule has 1 aromatic heterocycles. The summed E-state index contributed by atoms with van der Waals surface area (Å²) in [6.07, 6.45) is 2.89. The smallest absolute Gasteiger partial charge is 0.275 e. The highest BCUT2D eigenvalue weighted by atomic mass is 32.2. The molecule has 1 aliphatic heterocycles. The van der Waals surface area contributed by atoms with Crippen molar-refractivity contribution in [2.45, 2.75) is 12.5 Å². The van der Waals surface area contributed by atoms with E-state index in [9.17, 15) is 4.79 Å². The Hall–Kier alpha value is -1.77. The molecule has 8 heteroatoms. The van der Waals surface area contributed by atoms with Crippen molar-refractivity contribution in [3.05, 3.63) is 34.3 Å². The molecule has 1 aromatic carbocycles. The van der Waals surface area contributed by atoms with E-state index in [1.807, 2.05) is 6.26 Å². The number of anilines is 1. The first-order valence-corrected chi connectivity index (χ1v) is 9.35. The average molecular weight is 351 g/mol. The molecule has 0 aliphatic carbocycles. The first-order chi connectivity index (χ1) is 11.2. The number of nitrogens with one attached hydrogen (secondary N) is 1. The summed E-state index contributed by atoms with van der Waals surface area (Å²) in [7, 11) is 0. The van der Waals surface area contributed by atoms with E-state index in [1.54, 1.807) is 35.3 Å². The van der Waals surface area contributed by atoms with Crippen LogP contribution in [-0.4, -0.2) is 29.7 Å². The average Bonchev–Trinajstić information content (AvgIpc) is 3.21. The molecule has 3 rings (SSSR count). The number of rotatable bonds is 6. The Balaban J connectivity index is 1.65. The summed E-state index contributed by atoms with van der Waals surface area (Å²) in [5.74, 6) is 2.02. The quantitative estimate of drug-likeness (QED) is 0.832. The van der Waals surface area contributed by atoms with Crippen LogP contribution in [-0.2, 0) is 0 Å². The standard InChI is InChI=1S/C15H17N3O3S2/c1-22-5-4-10(16)15-18-11(7-23-15)14(19)17-9-2-3-12-13(6-9)21-8-20-12/h2-3,6-7,10H,4-5,8,16H2,1H3,(H,17,19). The molecule has 6 nitrogen and oxygen atoms in total. The molecular formula is C15H17N3O3S2. The summed E-state index contributed by atoms with van der Waals surface area (Å²) in [5, 5.41) is 5.33. The number of nitrogens with zero attached hydrogens (tertiary/aromatic N) is 1. The van der Waals surface area contributed by atoms with Crippen LogP contribution in [0, 0.1) is 0 Å². The van der Waals surface area contributed by atoms with Crippen LogP contribution < -0.4 is 20.5 Å². The van der Waals surface area contributed by atoms with Crippen molar-refractivity contribution >= 4 is 34.7 Å². The highest BCUT2D eigenvalue weighted by Gasteiger charge is 2.17. The Bertz CT molecular complexity index is 705. The minimum absolute atomic E-state index is 0.125. The van der Waals surface area contributed by atoms with Gasteiger partial charge in [0.15, 0.2) is 11.5 Å². The van der Waals surface area contributed by atoms with Crippen LogP contribution in [0.5, 0.6) is 11.5 Å². The number of carbonyl (C=O) groups excluding carboxylic acids is 1. The number of hydrogen-bond donors (Lipinski definition) is 2. The van der Waals surface area contributed by atoms with Gasteiger partial charge in [-0.25, -0.2) is 4.98 Å². The molecule has 0 radical (unpaired) electrons. The van der Waals surface area contributed by atoms with Gasteiger partial charge in [0.05, 0.1) is 6.04 Å². The number of nitrogens with two attached hydrogens (primary N) is 1. The van der Waals surface area contributed by atoms with Crippen LogP contribution >= 0.6 is 23.1 Å². The molecule has 23 heavy (non-hydrogen) atoms.